The van der Waals surface area contributed by atoms with E-state index < -0.39 is 0 Å². The number of methoxy groups -OCH3 is 2. The molecule has 0 unspecified atom stereocenters. The maximum absolute atomic E-state index is 6.08. The fraction of sp³-hybridized carbons (Fsp3) is 0.217. The number of nitrogens with one attached hydrogen (secondary N) is 1. The first-order valence-electron chi connectivity index (χ1n) is 9.27. The molecule has 166 valence electrons. The first kappa shape index (κ1) is 25.6. The Labute approximate surface area is 207 Å². The Hall–Kier alpha value is -1.63. The van der Waals surface area contributed by atoms with Crippen LogP contribution < -0.4 is 19.5 Å². The molecule has 0 fully saturated rings. The first-order valence-corrected chi connectivity index (χ1v) is 10.8. The molecule has 4 nitrogen and oxygen atoms in total. The molecule has 8 heteroatoms. The van der Waals surface area contributed by atoms with Crippen LogP contribution in [-0.2, 0) is 19.7 Å². The first-order chi connectivity index (χ1) is 14.5. The minimum Gasteiger partial charge on any atom is -0.497 e. The van der Waals surface area contributed by atoms with E-state index in [1.165, 1.54) is 5.56 Å². The van der Waals surface area contributed by atoms with E-state index in [1.807, 2.05) is 42.5 Å². The van der Waals surface area contributed by atoms with Gasteiger partial charge in [-0.15, -0.1) is 12.4 Å². The molecule has 1 N–H and O–H groups in total. The smallest absolute Gasteiger partial charge is 0.175 e. The zero-order valence-corrected chi connectivity index (χ0v) is 21.0. The maximum atomic E-state index is 6.08. The zero-order chi connectivity index (χ0) is 21.5. The molecule has 0 aliphatic rings. The molecule has 0 aromatic heterocycles. The summed E-state index contributed by atoms with van der Waals surface area (Å²) in [5.74, 6) is 2.15. The van der Waals surface area contributed by atoms with E-state index in [-0.39, 0.29) is 12.4 Å². The summed E-state index contributed by atoms with van der Waals surface area (Å²) in [5.41, 5.74) is 3.18. The summed E-state index contributed by atoms with van der Waals surface area (Å²) in [6.07, 6.45) is 0. The van der Waals surface area contributed by atoms with Gasteiger partial charge in [-0.2, -0.15) is 0 Å². The van der Waals surface area contributed by atoms with Crippen molar-refractivity contribution >= 4 is 51.5 Å². The molecule has 0 radical (unpaired) electrons. The maximum Gasteiger partial charge on any atom is 0.175 e. The lowest BCUT2D eigenvalue weighted by atomic mass is 10.1. The lowest BCUT2D eigenvalue weighted by molar-refractivity contribution is 0.282. The fourth-order valence-electron chi connectivity index (χ4n) is 2.89. The molecular weight excluding hydrogens is 525 g/mol. The van der Waals surface area contributed by atoms with Crippen molar-refractivity contribution in [2.24, 2.45) is 0 Å². The van der Waals surface area contributed by atoms with Crippen molar-refractivity contribution in [3.05, 3.63) is 85.8 Å². The molecule has 0 spiro atoms. The molecular formula is C23H23BrCl3NO3. The summed E-state index contributed by atoms with van der Waals surface area (Å²) in [7, 11) is 3.29. The highest BCUT2D eigenvalue weighted by Gasteiger charge is 2.12. The Morgan fingerprint density at radius 2 is 1.48 bits per heavy atom. The normalized spacial score (nSPS) is 10.4. The van der Waals surface area contributed by atoms with Crippen molar-refractivity contribution < 1.29 is 14.2 Å². The van der Waals surface area contributed by atoms with Crippen molar-refractivity contribution in [3.8, 4) is 17.2 Å². The van der Waals surface area contributed by atoms with Crippen LogP contribution in [0.1, 0.15) is 16.7 Å². The molecule has 0 amide bonds. The van der Waals surface area contributed by atoms with E-state index in [0.717, 1.165) is 27.9 Å². The van der Waals surface area contributed by atoms with Gasteiger partial charge in [-0.1, -0.05) is 41.4 Å². The van der Waals surface area contributed by atoms with Crippen LogP contribution in [0, 0.1) is 0 Å². The van der Waals surface area contributed by atoms with E-state index in [9.17, 15) is 0 Å². The SMILES string of the molecule is COc1ccc(CNCc2cc(Br)c(OCc3ccc(Cl)c(Cl)c3)c(OC)c2)cc1.Cl. The summed E-state index contributed by atoms with van der Waals surface area (Å²) in [6, 6.07) is 17.4. The lowest BCUT2D eigenvalue weighted by Gasteiger charge is -2.15. The number of hydrogen-bond donors (Lipinski definition) is 1. The summed E-state index contributed by atoms with van der Waals surface area (Å²) in [4.78, 5) is 0. The third-order valence-corrected chi connectivity index (χ3v) is 5.80. The van der Waals surface area contributed by atoms with Crippen molar-refractivity contribution in [2.75, 3.05) is 14.2 Å². The Morgan fingerprint density at radius 1 is 0.806 bits per heavy atom. The summed E-state index contributed by atoms with van der Waals surface area (Å²) >= 11 is 15.6. The summed E-state index contributed by atoms with van der Waals surface area (Å²) < 4.78 is 17.5. The minimum atomic E-state index is 0. The second-order valence-corrected chi connectivity index (χ2v) is 8.27. The second kappa shape index (κ2) is 12.4. The Kier molecular flexibility index (Phi) is 10.3. The van der Waals surface area contributed by atoms with Crippen LogP contribution >= 0.6 is 51.5 Å². The van der Waals surface area contributed by atoms with E-state index >= 15 is 0 Å². The van der Waals surface area contributed by atoms with E-state index in [0.29, 0.717) is 34.7 Å². The van der Waals surface area contributed by atoms with Crippen LogP contribution in [0.4, 0.5) is 0 Å². The highest BCUT2D eigenvalue weighted by atomic mass is 79.9. The monoisotopic (exact) mass is 545 g/mol. The average molecular weight is 548 g/mol. The molecule has 0 bridgehead atoms. The van der Waals surface area contributed by atoms with Crippen LogP contribution in [0.3, 0.4) is 0 Å². The number of halogens is 4. The Morgan fingerprint density at radius 3 is 2.13 bits per heavy atom. The molecule has 0 aliphatic heterocycles. The predicted octanol–water partition coefficient (Wildman–Crippen LogP) is 7.06. The van der Waals surface area contributed by atoms with Crippen LogP contribution in [-0.4, -0.2) is 14.2 Å². The van der Waals surface area contributed by atoms with Gasteiger partial charge < -0.3 is 19.5 Å². The highest BCUT2D eigenvalue weighted by molar-refractivity contribution is 9.10. The highest BCUT2D eigenvalue weighted by Crippen LogP contribution is 2.37. The minimum absolute atomic E-state index is 0. The van der Waals surface area contributed by atoms with E-state index in [4.69, 9.17) is 37.4 Å². The molecule has 3 rings (SSSR count). The Balaban J connectivity index is 0.00000341. The predicted molar refractivity (Wildman–Crippen MR) is 132 cm³/mol. The van der Waals surface area contributed by atoms with Gasteiger partial charge in [0.1, 0.15) is 12.4 Å². The van der Waals surface area contributed by atoms with Crippen LogP contribution in [0.15, 0.2) is 59.1 Å². The molecule has 0 atom stereocenters. The number of rotatable bonds is 9. The van der Waals surface area contributed by atoms with Crippen LogP contribution in [0.5, 0.6) is 17.2 Å². The number of benzene rings is 3. The van der Waals surface area contributed by atoms with Crippen molar-refractivity contribution in [2.45, 2.75) is 19.7 Å². The largest absolute Gasteiger partial charge is 0.497 e. The number of hydrogen-bond acceptors (Lipinski definition) is 4. The molecule has 0 heterocycles. The third kappa shape index (κ3) is 7.19. The average Bonchev–Trinajstić information content (AvgIpc) is 2.75. The molecule has 31 heavy (non-hydrogen) atoms. The molecule has 0 saturated heterocycles. The third-order valence-electron chi connectivity index (χ3n) is 4.47. The van der Waals surface area contributed by atoms with Gasteiger partial charge >= 0.3 is 0 Å². The van der Waals surface area contributed by atoms with Gasteiger partial charge in [0.2, 0.25) is 0 Å². The molecule has 3 aromatic rings. The molecule has 3 aromatic carbocycles. The summed E-state index contributed by atoms with van der Waals surface area (Å²) in [5, 5.41) is 4.46. The molecule has 0 aliphatic carbocycles. The van der Waals surface area contributed by atoms with E-state index in [2.05, 4.69) is 21.2 Å². The zero-order valence-electron chi connectivity index (χ0n) is 17.1. The van der Waals surface area contributed by atoms with Gasteiger partial charge in [-0.3, -0.25) is 0 Å². The quantitative estimate of drug-likeness (QED) is 0.311. The summed E-state index contributed by atoms with van der Waals surface area (Å²) in [6.45, 7) is 1.79. The number of ether oxygens (including phenoxy) is 3. The van der Waals surface area contributed by atoms with Gasteiger partial charge in [0, 0.05) is 13.1 Å². The van der Waals surface area contributed by atoms with Gasteiger partial charge in [-0.25, -0.2) is 0 Å². The van der Waals surface area contributed by atoms with Crippen LogP contribution in [0.2, 0.25) is 10.0 Å². The van der Waals surface area contributed by atoms with Gasteiger partial charge in [0.05, 0.1) is 28.7 Å². The fourth-order valence-corrected chi connectivity index (χ4v) is 3.82. The van der Waals surface area contributed by atoms with Gasteiger partial charge in [0.15, 0.2) is 11.5 Å². The Bertz CT molecular complexity index is 1000. The van der Waals surface area contributed by atoms with Gasteiger partial charge in [0.25, 0.3) is 0 Å². The van der Waals surface area contributed by atoms with E-state index in [1.54, 1.807) is 26.4 Å². The van der Waals surface area contributed by atoms with Crippen molar-refractivity contribution in [3.63, 3.8) is 0 Å². The van der Waals surface area contributed by atoms with Crippen molar-refractivity contribution in [1.82, 2.24) is 5.32 Å². The topological polar surface area (TPSA) is 39.7 Å². The van der Waals surface area contributed by atoms with Gasteiger partial charge in [-0.05, 0) is 69.0 Å². The van der Waals surface area contributed by atoms with Crippen LogP contribution in [0.25, 0.3) is 0 Å². The lowest BCUT2D eigenvalue weighted by Crippen LogP contribution is -2.13. The standard InChI is InChI=1S/C23H22BrCl2NO3.ClH/c1-28-18-6-3-15(4-7-18)12-27-13-17-9-19(24)23(22(11-17)29-2)30-14-16-5-8-20(25)21(26)10-16;/h3-11,27H,12-14H2,1-2H3;1H. The second-order valence-electron chi connectivity index (χ2n) is 6.60. The molecule has 0 saturated carbocycles. The van der Waals surface area contributed by atoms with Crippen molar-refractivity contribution in [1.29, 1.82) is 0 Å².